The molecule has 2 aromatic rings. The zero-order valence-electron chi connectivity index (χ0n) is 10.6. The molecule has 0 aliphatic rings. The maximum absolute atomic E-state index is 5.44. The number of aromatic amines is 1. The van der Waals surface area contributed by atoms with E-state index >= 15 is 0 Å². The minimum atomic E-state index is 0.742. The number of hydrogen-bond donors (Lipinski definition) is 1. The van der Waals surface area contributed by atoms with Gasteiger partial charge in [-0.3, -0.25) is 0 Å². The van der Waals surface area contributed by atoms with E-state index in [-0.39, 0.29) is 0 Å². The summed E-state index contributed by atoms with van der Waals surface area (Å²) >= 11 is 0.742. The Morgan fingerprint density at radius 3 is 2.88 bits per heavy atom. The van der Waals surface area contributed by atoms with Crippen LogP contribution in [0.2, 0.25) is 10.1 Å². The molecular weight excluding hydrogens is 277 g/mol. The molecule has 0 radical (unpaired) electrons. The second kappa shape index (κ2) is 5.61. The number of hydrogen-bond acceptors (Lipinski definition) is 1. The van der Waals surface area contributed by atoms with Crippen molar-refractivity contribution < 1.29 is 4.74 Å². The Bertz CT molecular complexity index is 490. The van der Waals surface area contributed by atoms with E-state index in [1.165, 1.54) is 21.8 Å². The number of aryl methyl sites for hydroxylation is 1. The molecule has 0 saturated carbocycles. The third-order valence-corrected chi connectivity index (χ3v) is 5.11. The first-order valence-corrected chi connectivity index (χ1v) is 8.17. The van der Waals surface area contributed by atoms with Crippen LogP contribution in [0, 0.1) is 0 Å². The summed E-state index contributed by atoms with van der Waals surface area (Å²) in [6.07, 6.45) is 3.28. The molecule has 0 spiro atoms. The van der Waals surface area contributed by atoms with Crippen molar-refractivity contribution in [1.82, 2.24) is 4.98 Å². The first-order valence-electron chi connectivity index (χ1n) is 5.97. The van der Waals surface area contributed by atoms with Crippen LogP contribution in [0.3, 0.4) is 0 Å². The molecule has 0 aliphatic heterocycles. The fraction of sp³-hybridized carbons (Fsp3) is 0.429. The predicted molar refractivity (Wildman–Crippen MR) is 74.2 cm³/mol. The average Bonchev–Trinajstić information content (AvgIpc) is 2.72. The van der Waals surface area contributed by atoms with E-state index in [9.17, 15) is 0 Å². The van der Waals surface area contributed by atoms with Gasteiger partial charge in [-0.25, -0.2) is 0 Å². The van der Waals surface area contributed by atoms with E-state index in [1.807, 2.05) is 12.1 Å². The van der Waals surface area contributed by atoms with E-state index in [4.69, 9.17) is 4.74 Å². The molecule has 0 aliphatic carbocycles. The summed E-state index contributed by atoms with van der Waals surface area (Å²) in [6.45, 7) is 4.60. The molecule has 0 unspecified atom stereocenters. The van der Waals surface area contributed by atoms with Crippen molar-refractivity contribution in [2.45, 2.75) is 30.4 Å². The molecule has 17 heavy (non-hydrogen) atoms. The van der Waals surface area contributed by atoms with Crippen LogP contribution < -0.4 is 4.74 Å². The number of rotatable bonds is 5. The number of ether oxygens (including phenoxy) is 1. The third kappa shape index (κ3) is 2.85. The van der Waals surface area contributed by atoms with E-state index in [2.05, 4.69) is 31.1 Å². The second-order valence-corrected chi connectivity index (χ2v) is 7.90. The normalized spacial score (nSPS) is 11.3. The van der Waals surface area contributed by atoms with Gasteiger partial charge in [0.15, 0.2) is 0 Å². The van der Waals surface area contributed by atoms with Crippen LogP contribution in [0.15, 0.2) is 24.4 Å². The summed E-state index contributed by atoms with van der Waals surface area (Å²) in [5, 5.41) is 2.56. The van der Waals surface area contributed by atoms with Gasteiger partial charge in [0, 0.05) is 0 Å². The van der Waals surface area contributed by atoms with E-state index in [0.29, 0.717) is 0 Å². The van der Waals surface area contributed by atoms with E-state index in [1.54, 1.807) is 7.11 Å². The zero-order valence-corrected chi connectivity index (χ0v) is 12.3. The summed E-state index contributed by atoms with van der Waals surface area (Å²) in [4.78, 5) is 4.17. The summed E-state index contributed by atoms with van der Waals surface area (Å²) < 4.78 is 5.44. The van der Waals surface area contributed by atoms with Gasteiger partial charge >= 0.3 is 109 Å². The van der Waals surface area contributed by atoms with Crippen LogP contribution in [-0.2, 0) is 6.42 Å². The molecule has 0 atom stereocenters. The third-order valence-electron chi connectivity index (χ3n) is 2.79. The van der Waals surface area contributed by atoms with Crippen LogP contribution in [0.25, 0.3) is 10.9 Å². The number of H-pyrrole nitrogens is 1. The average molecular weight is 296 g/mol. The molecule has 0 amide bonds. The SMILES string of the molecule is COc1cccc2[nH]cc(CC[Se]C(C)C)c12. The van der Waals surface area contributed by atoms with Gasteiger partial charge in [0.2, 0.25) is 0 Å². The molecule has 0 bridgehead atoms. The fourth-order valence-corrected chi connectivity index (χ4v) is 3.69. The number of nitrogens with one attached hydrogen (secondary N) is 1. The number of aromatic nitrogens is 1. The Morgan fingerprint density at radius 2 is 2.18 bits per heavy atom. The minimum absolute atomic E-state index is 0.742. The first kappa shape index (κ1) is 12.5. The van der Waals surface area contributed by atoms with Crippen LogP contribution in [0.4, 0.5) is 0 Å². The number of methoxy groups -OCH3 is 1. The second-order valence-electron chi connectivity index (χ2n) is 4.37. The molecule has 0 saturated heterocycles. The predicted octanol–water partition coefficient (Wildman–Crippen LogP) is 3.67. The quantitative estimate of drug-likeness (QED) is 0.837. The summed E-state index contributed by atoms with van der Waals surface area (Å²) in [5.41, 5.74) is 2.57. The van der Waals surface area contributed by atoms with E-state index < -0.39 is 0 Å². The molecule has 1 aromatic carbocycles. The molecule has 0 fully saturated rings. The number of benzene rings is 1. The first-order chi connectivity index (χ1) is 8.22. The van der Waals surface area contributed by atoms with Gasteiger partial charge in [-0.2, -0.15) is 0 Å². The van der Waals surface area contributed by atoms with Gasteiger partial charge in [0.25, 0.3) is 0 Å². The van der Waals surface area contributed by atoms with Crippen molar-refractivity contribution in [1.29, 1.82) is 0 Å². The standard InChI is InChI=1S/C14H19NOSe/c1-10(2)17-8-7-11-9-15-12-5-4-6-13(16-3)14(11)12/h4-6,9-10,15H,7-8H2,1-3H3. The Kier molecular flexibility index (Phi) is 4.14. The van der Waals surface area contributed by atoms with Gasteiger partial charge < -0.3 is 0 Å². The van der Waals surface area contributed by atoms with Crippen LogP contribution >= 0.6 is 0 Å². The van der Waals surface area contributed by atoms with Gasteiger partial charge in [0.05, 0.1) is 0 Å². The van der Waals surface area contributed by atoms with Crippen LogP contribution in [0.1, 0.15) is 19.4 Å². The van der Waals surface area contributed by atoms with Gasteiger partial charge in [-0.15, -0.1) is 0 Å². The van der Waals surface area contributed by atoms with Crippen LogP contribution in [0.5, 0.6) is 5.75 Å². The molecule has 1 heterocycles. The fourth-order valence-electron chi connectivity index (χ4n) is 1.99. The molecule has 92 valence electrons. The molecule has 2 rings (SSSR count). The molecule has 1 N–H and O–H groups in total. The molecule has 1 aromatic heterocycles. The molecule has 2 nitrogen and oxygen atoms in total. The summed E-state index contributed by atoms with van der Waals surface area (Å²) in [6, 6.07) is 6.17. The van der Waals surface area contributed by atoms with E-state index in [0.717, 1.165) is 31.9 Å². The van der Waals surface area contributed by atoms with Crippen molar-refractivity contribution >= 4 is 25.9 Å². The summed E-state index contributed by atoms with van der Waals surface area (Å²) in [5.74, 6) is 0.982. The Balaban J connectivity index is 2.22. The molecule has 3 heteroatoms. The van der Waals surface area contributed by atoms with Crippen molar-refractivity contribution in [3.05, 3.63) is 30.0 Å². The molecular formula is C14H19NOSe. The Morgan fingerprint density at radius 1 is 1.35 bits per heavy atom. The summed E-state index contributed by atoms with van der Waals surface area (Å²) in [7, 11) is 1.74. The topological polar surface area (TPSA) is 25.0 Å². The van der Waals surface area contributed by atoms with Crippen molar-refractivity contribution in [2.24, 2.45) is 0 Å². The van der Waals surface area contributed by atoms with Gasteiger partial charge in [-0.1, -0.05) is 0 Å². The Labute approximate surface area is 109 Å². The zero-order chi connectivity index (χ0) is 12.3. The van der Waals surface area contributed by atoms with Gasteiger partial charge in [0.1, 0.15) is 0 Å². The Hall–Kier alpha value is -0.921. The van der Waals surface area contributed by atoms with Crippen molar-refractivity contribution in [2.75, 3.05) is 7.11 Å². The monoisotopic (exact) mass is 297 g/mol. The van der Waals surface area contributed by atoms with Crippen LogP contribution in [-0.4, -0.2) is 27.1 Å². The van der Waals surface area contributed by atoms with Crippen molar-refractivity contribution in [3.63, 3.8) is 0 Å². The number of fused-ring (bicyclic) bond motifs is 1. The maximum atomic E-state index is 5.44. The van der Waals surface area contributed by atoms with Crippen molar-refractivity contribution in [3.8, 4) is 5.75 Å². The van der Waals surface area contributed by atoms with Gasteiger partial charge in [-0.05, 0) is 0 Å².